The summed E-state index contributed by atoms with van der Waals surface area (Å²) in [5, 5.41) is 4.89. The second-order valence-corrected chi connectivity index (χ2v) is 6.04. The highest BCUT2D eigenvalue weighted by Gasteiger charge is 2.16. The highest BCUT2D eigenvalue weighted by molar-refractivity contribution is 7.98. The largest absolute Gasteiger partial charge is 0.452 e. The molecule has 1 aromatic carbocycles. The quantitative estimate of drug-likeness (QED) is 0.603. The van der Waals surface area contributed by atoms with Crippen LogP contribution in [0.2, 0.25) is 5.02 Å². The number of rotatable bonds is 6. The zero-order valence-corrected chi connectivity index (χ0v) is 14.7. The van der Waals surface area contributed by atoms with E-state index in [1.54, 1.807) is 18.2 Å². The van der Waals surface area contributed by atoms with Gasteiger partial charge in [0.25, 0.3) is 5.91 Å². The van der Waals surface area contributed by atoms with E-state index in [1.807, 2.05) is 20.1 Å². The predicted octanol–water partition coefficient (Wildman–Crippen LogP) is 2.84. The zero-order chi connectivity index (χ0) is 17.4. The first-order chi connectivity index (χ1) is 10.9. The standard InChI is InChI=1S/C15H19ClN2O4S/c1-4-9(2)17-15(21)18-13(19)8-22-14(20)11-7-10(23-3)5-6-12(11)16/h5-7,9H,4,8H2,1-3H3,(H2,17,18,19,21)/t9-/m0/s1. The van der Waals surface area contributed by atoms with Crippen LogP contribution < -0.4 is 10.6 Å². The molecule has 1 atom stereocenters. The van der Waals surface area contributed by atoms with Gasteiger partial charge in [-0.2, -0.15) is 0 Å². The molecule has 0 saturated heterocycles. The van der Waals surface area contributed by atoms with Crippen molar-refractivity contribution < 1.29 is 19.1 Å². The van der Waals surface area contributed by atoms with Gasteiger partial charge in [0.2, 0.25) is 0 Å². The predicted molar refractivity (Wildman–Crippen MR) is 89.9 cm³/mol. The minimum absolute atomic E-state index is 0.0570. The Kier molecular flexibility index (Phi) is 7.91. The average molecular weight is 359 g/mol. The summed E-state index contributed by atoms with van der Waals surface area (Å²) in [6.07, 6.45) is 2.60. The normalized spacial score (nSPS) is 11.5. The van der Waals surface area contributed by atoms with Gasteiger partial charge >= 0.3 is 12.0 Å². The number of hydrogen-bond acceptors (Lipinski definition) is 5. The number of urea groups is 1. The van der Waals surface area contributed by atoms with E-state index in [2.05, 4.69) is 10.6 Å². The molecule has 8 heteroatoms. The van der Waals surface area contributed by atoms with Gasteiger partial charge in [-0.3, -0.25) is 10.1 Å². The van der Waals surface area contributed by atoms with E-state index >= 15 is 0 Å². The summed E-state index contributed by atoms with van der Waals surface area (Å²) >= 11 is 7.40. The van der Waals surface area contributed by atoms with Crippen LogP contribution in [0.25, 0.3) is 0 Å². The third-order valence-corrected chi connectivity index (χ3v) is 4.03. The summed E-state index contributed by atoms with van der Waals surface area (Å²) in [6, 6.07) is 4.27. The highest BCUT2D eigenvalue weighted by Crippen LogP contribution is 2.23. The maximum atomic E-state index is 12.0. The molecule has 1 rings (SSSR count). The van der Waals surface area contributed by atoms with Crippen molar-refractivity contribution in [1.82, 2.24) is 10.6 Å². The van der Waals surface area contributed by atoms with Crippen LogP contribution in [0.4, 0.5) is 4.79 Å². The maximum absolute atomic E-state index is 12.0. The van der Waals surface area contributed by atoms with E-state index in [9.17, 15) is 14.4 Å². The fourth-order valence-electron chi connectivity index (χ4n) is 1.52. The summed E-state index contributed by atoms with van der Waals surface area (Å²) < 4.78 is 4.88. The second-order valence-electron chi connectivity index (χ2n) is 4.75. The van der Waals surface area contributed by atoms with Crippen LogP contribution in [0.1, 0.15) is 30.6 Å². The van der Waals surface area contributed by atoms with Gasteiger partial charge in [0.1, 0.15) is 0 Å². The van der Waals surface area contributed by atoms with Gasteiger partial charge in [-0.15, -0.1) is 11.8 Å². The average Bonchev–Trinajstić information content (AvgIpc) is 2.52. The zero-order valence-electron chi connectivity index (χ0n) is 13.1. The molecule has 0 aliphatic heterocycles. The van der Waals surface area contributed by atoms with Gasteiger partial charge in [0.05, 0.1) is 10.6 Å². The van der Waals surface area contributed by atoms with Crippen LogP contribution in [0.3, 0.4) is 0 Å². The molecule has 23 heavy (non-hydrogen) atoms. The summed E-state index contributed by atoms with van der Waals surface area (Å²) in [4.78, 5) is 35.8. The van der Waals surface area contributed by atoms with Crippen molar-refractivity contribution in [1.29, 1.82) is 0 Å². The SMILES string of the molecule is CC[C@H](C)NC(=O)NC(=O)COC(=O)c1cc(SC)ccc1Cl. The van der Waals surface area contributed by atoms with Crippen LogP contribution in [-0.2, 0) is 9.53 Å². The van der Waals surface area contributed by atoms with Gasteiger partial charge in [0, 0.05) is 10.9 Å². The second kappa shape index (κ2) is 9.42. The van der Waals surface area contributed by atoms with Crippen LogP contribution >= 0.6 is 23.4 Å². The van der Waals surface area contributed by atoms with Crippen molar-refractivity contribution in [2.24, 2.45) is 0 Å². The molecule has 3 amide bonds. The lowest BCUT2D eigenvalue weighted by atomic mass is 10.2. The Labute approximate surface area is 144 Å². The molecule has 0 spiro atoms. The topological polar surface area (TPSA) is 84.5 Å². The van der Waals surface area contributed by atoms with Crippen LogP contribution in [-0.4, -0.2) is 36.8 Å². The van der Waals surface area contributed by atoms with Crippen molar-refractivity contribution in [3.63, 3.8) is 0 Å². The molecular weight excluding hydrogens is 340 g/mol. The Bertz CT molecular complexity index is 595. The van der Waals surface area contributed by atoms with Crippen molar-refractivity contribution >= 4 is 41.3 Å². The third kappa shape index (κ3) is 6.50. The van der Waals surface area contributed by atoms with Crippen LogP contribution in [0.15, 0.2) is 23.1 Å². The minimum Gasteiger partial charge on any atom is -0.452 e. The molecule has 0 bridgehead atoms. The third-order valence-electron chi connectivity index (χ3n) is 2.97. The van der Waals surface area contributed by atoms with Gasteiger partial charge in [-0.1, -0.05) is 18.5 Å². The van der Waals surface area contributed by atoms with Crippen molar-refractivity contribution in [3.8, 4) is 0 Å². The molecule has 0 aliphatic rings. The number of nitrogens with one attached hydrogen (secondary N) is 2. The number of imide groups is 1. The molecule has 0 saturated carbocycles. The first-order valence-corrected chi connectivity index (χ1v) is 8.58. The summed E-state index contributed by atoms with van der Waals surface area (Å²) in [7, 11) is 0. The fraction of sp³-hybridized carbons (Fsp3) is 0.400. The number of thioether (sulfide) groups is 1. The number of carbonyl (C=O) groups excluding carboxylic acids is 3. The number of ether oxygens (including phenoxy) is 1. The van der Waals surface area contributed by atoms with E-state index in [4.69, 9.17) is 16.3 Å². The van der Waals surface area contributed by atoms with Gasteiger partial charge < -0.3 is 10.1 Å². The van der Waals surface area contributed by atoms with E-state index < -0.39 is 24.5 Å². The van der Waals surface area contributed by atoms with Gasteiger partial charge in [-0.25, -0.2) is 9.59 Å². The molecule has 0 aromatic heterocycles. The molecule has 0 unspecified atom stereocenters. The van der Waals surface area contributed by atoms with Crippen LogP contribution in [0.5, 0.6) is 0 Å². The first-order valence-electron chi connectivity index (χ1n) is 6.98. The smallest absolute Gasteiger partial charge is 0.340 e. The lowest BCUT2D eigenvalue weighted by Gasteiger charge is -2.12. The lowest BCUT2D eigenvalue weighted by molar-refractivity contribution is -0.123. The Morgan fingerprint density at radius 1 is 1.35 bits per heavy atom. The van der Waals surface area contributed by atoms with Crippen LogP contribution in [0, 0.1) is 0 Å². The molecule has 2 N–H and O–H groups in total. The summed E-state index contributed by atoms with van der Waals surface area (Å²) in [5.41, 5.74) is 0.176. The monoisotopic (exact) mass is 358 g/mol. The van der Waals surface area contributed by atoms with Crippen molar-refractivity contribution in [2.75, 3.05) is 12.9 Å². The lowest BCUT2D eigenvalue weighted by Crippen LogP contribution is -2.44. The number of benzene rings is 1. The molecule has 0 fully saturated rings. The molecule has 0 heterocycles. The number of esters is 1. The molecule has 6 nitrogen and oxygen atoms in total. The van der Waals surface area contributed by atoms with Gasteiger partial charge in [-0.05, 0) is 37.8 Å². The number of amides is 3. The van der Waals surface area contributed by atoms with Crippen molar-refractivity contribution in [2.45, 2.75) is 31.2 Å². The fourth-order valence-corrected chi connectivity index (χ4v) is 2.16. The molecule has 1 aromatic rings. The minimum atomic E-state index is -0.719. The first kappa shape index (κ1) is 19.3. The molecule has 0 aliphatic carbocycles. The summed E-state index contributed by atoms with van der Waals surface area (Å²) in [5.74, 6) is -1.43. The Balaban J connectivity index is 2.53. The Hall–Kier alpha value is -1.73. The molecule has 0 radical (unpaired) electrons. The number of hydrogen-bond donors (Lipinski definition) is 2. The van der Waals surface area contributed by atoms with E-state index in [-0.39, 0.29) is 16.6 Å². The Morgan fingerprint density at radius 2 is 2.04 bits per heavy atom. The molecular formula is C15H19ClN2O4S. The number of halogens is 1. The van der Waals surface area contributed by atoms with E-state index in [0.29, 0.717) is 0 Å². The van der Waals surface area contributed by atoms with E-state index in [0.717, 1.165) is 11.3 Å². The summed E-state index contributed by atoms with van der Waals surface area (Å²) in [6.45, 7) is 3.15. The maximum Gasteiger partial charge on any atom is 0.340 e. The van der Waals surface area contributed by atoms with Crippen molar-refractivity contribution in [3.05, 3.63) is 28.8 Å². The number of carbonyl (C=O) groups is 3. The highest BCUT2D eigenvalue weighted by atomic mass is 35.5. The van der Waals surface area contributed by atoms with E-state index in [1.165, 1.54) is 11.8 Å². The Morgan fingerprint density at radius 3 is 2.65 bits per heavy atom. The molecule has 126 valence electrons. The van der Waals surface area contributed by atoms with Gasteiger partial charge in [0.15, 0.2) is 6.61 Å².